The van der Waals surface area contributed by atoms with Crippen LogP contribution in [0.1, 0.15) is 17.3 Å². The van der Waals surface area contributed by atoms with Crippen molar-refractivity contribution in [1.82, 2.24) is 15.5 Å². The van der Waals surface area contributed by atoms with Crippen molar-refractivity contribution in [1.29, 1.82) is 0 Å². The highest BCUT2D eigenvalue weighted by Gasteiger charge is 2.19. The minimum absolute atomic E-state index is 0.0810. The summed E-state index contributed by atoms with van der Waals surface area (Å²) in [6.45, 7) is 1.06. The average Bonchev–Trinajstić information content (AvgIpc) is 2.50. The van der Waals surface area contributed by atoms with Crippen molar-refractivity contribution in [2.45, 2.75) is 12.5 Å². The molecule has 1 atom stereocenters. The number of aliphatic hydroxyl groups is 1. The van der Waals surface area contributed by atoms with Crippen molar-refractivity contribution in [2.24, 2.45) is 0 Å². The summed E-state index contributed by atoms with van der Waals surface area (Å²) in [6.07, 6.45) is 2.76. The fourth-order valence-corrected chi connectivity index (χ4v) is 1.47. The van der Waals surface area contributed by atoms with Gasteiger partial charge in [0, 0.05) is 24.2 Å². The van der Waals surface area contributed by atoms with E-state index in [0.29, 0.717) is 0 Å². The quantitative estimate of drug-likeness (QED) is 0.514. The molecule has 1 aliphatic heterocycles. The van der Waals surface area contributed by atoms with E-state index in [4.69, 9.17) is 5.11 Å². The Morgan fingerprint density at radius 2 is 2.64 bits per heavy atom. The lowest BCUT2D eigenvalue weighted by molar-refractivity contribution is 0.240. The predicted octanol–water partition coefficient (Wildman–Crippen LogP) is -0.411. The first-order valence-corrected chi connectivity index (χ1v) is 3.78. The van der Waals surface area contributed by atoms with Crippen molar-refractivity contribution in [3.8, 4) is 0 Å². The number of aliphatic hydroxyl groups excluding tert-OH is 1. The Hall–Kier alpha value is -0.870. The molecule has 0 aromatic carbocycles. The maximum atomic E-state index is 8.95. The molecule has 0 amide bonds. The van der Waals surface area contributed by atoms with Crippen LogP contribution in [0.25, 0.3) is 0 Å². The highest BCUT2D eigenvalue weighted by Crippen LogP contribution is 2.19. The lowest BCUT2D eigenvalue weighted by Gasteiger charge is -2.20. The number of nitrogens with zero attached hydrogens (tertiary/aromatic N) is 1. The normalized spacial score (nSPS) is 23.2. The van der Waals surface area contributed by atoms with Crippen molar-refractivity contribution >= 4 is 0 Å². The van der Waals surface area contributed by atoms with E-state index in [-0.39, 0.29) is 12.6 Å². The van der Waals surface area contributed by atoms with Crippen molar-refractivity contribution < 1.29 is 5.11 Å². The second kappa shape index (κ2) is 2.64. The van der Waals surface area contributed by atoms with Gasteiger partial charge in [0.05, 0.1) is 18.8 Å². The molecule has 4 nitrogen and oxygen atoms in total. The molecule has 3 N–H and O–H groups in total. The molecular weight excluding hydrogens is 142 g/mol. The Morgan fingerprint density at radius 3 is 3.45 bits per heavy atom. The molecule has 4 heteroatoms. The SMILES string of the molecule is OCC1NCCc2[nH]ncc21. The van der Waals surface area contributed by atoms with Crippen LogP contribution in [0.2, 0.25) is 0 Å². The van der Waals surface area contributed by atoms with E-state index in [2.05, 4.69) is 15.5 Å². The van der Waals surface area contributed by atoms with Crippen LogP contribution in [0.5, 0.6) is 0 Å². The third-order valence-electron chi connectivity index (χ3n) is 2.08. The summed E-state index contributed by atoms with van der Waals surface area (Å²) >= 11 is 0. The van der Waals surface area contributed by atoms with E-state index in [9.17, 15) is 0 Å². The second-order valence-corrected chi connectivity index (χ2v) is 2.74. The van der Waals surface area contributed by atoms with E-state index in [0.717, 1.165) is 24.2 Å². The van der Waals surface area contributed by atoms with Crippen LogP contribution in [0.3, 0.4) is 0 Å². The van der Waals surface area contributed by atoms with Gasteiger partial charge < -0.3 is 10.4 Å². The van der Waals surface area contributed by atoms with Crippen LogP contribution in [-0.4, -0.2) is 28.5 Å². The largest absolute Gasteiger partial charge is 0.394 e. The monoisotopic (exact) mass is 153 g/mol. The highest BCUT2D eigenvalue weighted by molar-refractivity contribution is 5.23. The van der Waals surface area contributed by atoms with Crippen molar-refractivity contribution in [3.63, 3.8) is 0 Å². The Kier molecular flexibility index (Phi) is 1.63. The summed E-state index contributed by atoms with van der Waals surface area (Å²) < 4.78 is 0. The van der Waals surface area contributed by atoms with Crippen LogP contribution in [0.4, 0.5) is 0 Å². The van der Waals surface area contributed by atoms with E-state index in [1.165, 1.54) is 0 Å². The Labute approximate surface area is 64.6 Å². The zero-order valence-corrected chi connectivity index (χ0v) is 6.17. The van der Waals surface area contributed by atoms with Crippen LogP contribution < -0.4 is 5.32 Å². The van der Waals surface area contributed by atoms with E-state index < -0.39 is 0 Å². The van der Waals surface area contributed by atoms with Gasteiger partial charge in [0.1, 0.15) is 0 Å². The summed E-state index contributed by atoms with van der Waals surface area (Å²) in [5.74, 6) is 0. The maximum absolute atomic E-state index is 8.95. The van der Waals surface area contributed by atoms with Gasteiger partial charge in [-0.15, -0.1) is 0 Å². The van der Waals surface area contributed by atoms with Gasteiger partial charge in [-0.3, -0.25) is 5.10 Å². The topological polar surface area (TPSA) is 60.9 Å². The number of fused-ring (bicyclic) bond motifs is 1. The van der Waals surface area contributed by atoms with Crippen LogP contribution in [-0.2, 0) is 6.42 Å². The van der Waals surface area contributed by atoms with Gasteiger partial charge in [0.2, 0.25) is 0 Å². The second-order valence-electron chi connectivity index (χ2n) is 2.74. The first kappa shape index (κ1) is 6.82. The molecule has 1 aromatic rings. The predicted molar refractivity (Wildman–Crippen MR) is 40.1 cm³/mol. The lowest BCUT2D eigenvalue weighted by Crippen LogP contribution is -2.31. The van der Waals surface area contributed by atoms with Gasteiger partial charge in [-0.25, -0.2) is 0 Å². The third kappa shape index (κ3) is 1.04. The molecule has 0 saturated carbocycles. The molecule has 0 fully saturated rings. The maximum Gasteiger partial charge on any atom is 0.0627 e. The summed E-state index contributed by atoms with van der Waals surface area (Å²) in [6, 6.07) is 0.0810. The van der Waals surface area contributed by atoms with Gasteiger partial charge in [0.15, 0.2) is 0 Å². The number of hydrogen-bond acceptors (Lipinski definition) is 3. The zero-order chi connectivity index (χ0) is 7.68. The minimum Gasteiger partial charge on any atom is -0.394 e. The van der Waals surface area contributed by atoms with Crippen LogP contribution >= 0.6 is 0 Å². The Balaban J connectivity index is 2.32. The van der Waals surface area contributed by atoms with E-state index in [1.807, 2.05) is 0 Å². The molecule has 0 bridgehead atoms. The fourth-order valence-electron chi connectivity index (χ4n) is 1.47. The standard InChI is InChI=1S/C7H11N3O/c11-4-7-5-3-9-10-6(5)1-2-8-7/h3,7-8,11H,1-2,4H2,(H,9,10). The van der Waals surface area contributed by atoms with Gasteiger partial charge in [-0.2, -0.15) is 5.10 Å². The molecule has 0 saturated heterocycles. The number of aromatic amines is 1. The summed E-state index contributed by atoms with van der Waals surface area (Å²) in [5.41, 5.74) is 2.27. The fraction of sp³-hybridized carbons (Fsp3) is 0.571. The average molecular weight is 153 g/mol. The summed E-state index contributed by atoms with van der Waals surface area (Å²) in [4.78, 5) is 0. The van der Waals surface area contributed by atoms with Gasteiger partial charge in [0.25, 0.3) is 0 Å². The molecule has 2 heterocycles. The number of aromatic nitrogens is 2. The Bertz CT molecular complexity index is 246. The van der Waals surface area contributed by atoms with Gasteiger partial charge in [-0.1, -0.05) is 0 Å². The van der Waals surface area contributed by atoms with Crippen molar-refractivity contribution in [2.75, 3.05) is 13.2 Å². The van der Waals surface area contributed by atoms with E-state index >= 15 is 0 Å². The summed E-state index contributed by atoms with van der Waals surface area (Å²) in [5, 5.41) is 19.0. The summed E-state index contributed by atoms with van der Waals surface area (Å²) in [7, 11) is 0. The molecule has 0 radical (unpaired) electrons. The number of nitrogens with one attached hydrogen (secondary N) is 2. The minimum atomic E-state index is 0.0810. The smallest absolute Gasteiger partial charge is 0.0627 e. The first-order valence-electron chi connectivity index (χ1n) is 3.78. The Morgan fingerprint density at radius 1 is 1.73 bits per heavy atom. The molecule has 11 heavy (non-hydrogen) atoms. The first-order chi connectivity index (χ1) is 5.42. The van der Waals surface area contributed by atoms with Gasteiger partial charge >= 0.3 is 0 Å². The molecular formula is C7H11N3O. The lowest BCUT2D eigenvalue weighted by atomic mass is 10.0. The molecule has 0 spiro atoms. The molecule has 2 rings (SSSR count). The molecule has 1 unspecified atom stereocenters. The van der Waals surface area contributed by atoms with Crippen LogP contribution in [0.15, 0.2) is 6.20 Å². The third-order valence-corrected chi connectivity index (χ3v) is 2.08. The number of rotatable bonds is 1. The van der Waals surface area contributed by atoms with Crippen molar-refractivity contribution in [3.05, 3.63) is 17.5 Å². The van der Waals surface area contributed by atoms with E-state index in [1.54, 1.807) is 6.20 Å². The zero-order valence-electron chi connectivity index (χ0n) is 6.17. The van der Waals surface area contributed by atoms with Gasteiger partial charge in [-0.05, 0) is 0 Å². The molecule has 1 aliphatic rings. The molecule has 60 valence electrons. The number of hydrogen-bond donors (Lipinski definition) is 3. The number of H-pyrrole nitrogens is 1. The highest BCUT2D eigenvalue weighted by atomic mass is 16.3. The molecule has 1 aromatic heterocycles. The molecule has 0 aliphatic carbocycles. The van der Waals surface area contributed by atoms with Crippen LogP contribution in [0, 0.1) is 0 Å².